The molecule has 2 aromatic carbocycles. The van der Waals surface area contributed by atoms with Gasteiger partial charge in [0.15, 0.2) is 0 Å². The van der Waals surface area contributed by atoms with Gasteiger partial charge in [-0.2, -0.15) is 0 Å². The van der Waals surface area contributed by atoms with Crippen LogP contribution in [0.3, 0.4) is 0 Å². The zero-order valence-corrected chi connectivity index (χ0v) is 9.11. The van der Waals surface area contributed by atoms with Gasteiger partial charge in [-0.25, -0.2) is 0 Å². The fourth-order valence-corrected chi connectivity index (χ4v) is 1.89. The van der Waals surface area contributed by atoms with Gasteiger partial charge >= 0.3 is 0 Å². The molecular formula is C13H13ClO. The first-order valence-corrected chi connectivity index (χ1v) is 5.55. The molecule has 0 saturated carbocycles. The monoisotopic (exact) mass is 220 g/mol. The highest BCUT2D eigenvalue weighted by atomic mass is 35.5. The number of hydrogen-bond donors (Lipinski definition) is 1. The van der Waals surface area contributed by atoms with Crippen LogP contribution in [-0.2, 0) is 6.42 Å². The minimum absolute atomic E-state index is 0.281. The van der Waals surface area contributed by atoms with Crippen LogP contribution in [0.4, 0.5) is 0 Å². The maximum atomic E-state index is 9.54. The molecule has 2 aromatic rings. The van der Waals surface area contributed by atoms with E-state index >= 15 is 0 Å². The second-order valence-electron chi connectivity index (χ2n) is 3.65. The third kappa shape index (κ3) is 2.31. The van der Waals surface area contributed by atoms with Crippen LogP contribution >= 0.6 is 11.6 Å². The molecule has 0 spiro atoms. The molecule has 0 aliphatic heterocycles. The summed E-state index contributed by atoms with van der Waals surface area (Å²) in [6, 6.07) is 14.3. The average Bonchev–Trinajstić information content (AvgIpc) is 2.29. The maximum absolute atomic E-state index is 9.54. The Morgan fingerprint density at radius 2 is 1.80 bits per heavy atom. The summed E-state index contributed by atoms with van der Waals surface area (Å²) in [7, 11) is 0. The van der Waals surface area contributed by atoms with E-state index in [0.29, 0.717) is 6.42 Å². The third-order valence-electron chi connectivity index (χ3n) is 2.51. The van der Waals surface area contributed by atoms with Crippen molar-refractivity contribution < 1.29 is 5.11 Å². The molecule has 2 heteroatoms. The normalized spacial score (nSPS) is 12.9. The summed E-state index contributed by atoms with van der Waals surface area (Å²) in [5.41, 5.74) is 1.15. The Balaban J connectivity index is 2.42. The minimum Gasteiger partial charge on any atom is -0.392 e. The highest BCUT2D eigenvalue weighted by molar-refractivity contribution is 6.18. The number of benzene rings is 2. The first-order chi connectivity index (χ1) is 7.31. The second kappa shape index (κ2) is 4.65. The van der Waals surface area contributed by atoms with Crippen LogP contribution in [0.15, 0.2) is 42.5 Å². The Bertz CT molecular complexity index is 448. The minimum atomic E-state index is -0.461. The summed E-state index contributed by atoms with van der Waals surface area (Å²) in [6.45, 7) is 0. The number of rotatable bonds is 3. The molecule has 0 heterocycles. The Labute approximate surface area is 94.3 Å². The molecule has 0 aliphatic carbocycles. The van der Waals surface area contributed by atoms with Gasteiger partial charge in [0.2, 0.25) is 0 Å². The molecular weight excluding hydrogens is 208 g/mol. The summed E-state index contributed by atoms with van der Waals surface area (Å²) in [4.78, 5) is 0. The van der Waals surface area contributed by atoms with E-state index in [0.717, 1.165) is 5.56 Å². The van der Waals surface area contributed by atoms with Crippen LogP contribution in [0.25, 0.3) is 10.8 Å². The van der Waals surface area contributed by atoms with E-state index in [-0.39, 0.29) is 5.88 Å². The van der Waals surface area contributed by atoms with Crippen LogP contribution in [0.1, 0.15) is 5.56 Å². The van der Waals surface area contributed by atoms with E-state index in [1.807, 2.05) is 24.3 Å². The average molecular weight is 221 g/mol. The van der Waals surface area contributed by atoms with Gasteiger partial charge in [0.05, 0.1) is 6.10 Å². The molecule has 1 nitrogen and oxygen atoms in total. The second-order valence-corrected chi connectivity index (χ2v) is 3.96. The molecule has 0 bridgehead atoms. The smallest absolute Gasteiger partial charge is 0.0716 e. The number of hydrogen-bond acceptors (Lipinski definition) is 1. The standard InChI is InChI=1S/C13H13ClO/c14-9-12(15)8-11-6-3-5-10-4-1-2-7-13(10)11/h1-7,12,15H,8-9H2. The van der Waals surface area contributed by atoms with E-state index in [2.05, 4.69) is 18.2 Å². The summed E-state index contributed by atoms with van der Waals surface area (Å²) in [5, 5.41) is 11.9. The summed E-state index contributed by atoms with van der Waals surface area (Å²) < 4.78 is 0. The van der Waals surface area contributed by atoms with Gasteiger partial charge in [-0.15, -0.1) is 11.6 Å². The Hall–Kier alpha value is -1.05. The number of halogens is 1. The van der Waals surface area contributed by atoms with Crippen molar-refractivity contribution >= 4 is 22.4 Å². The first-order valence-electron chi connectivity index (χ1n) is 5.02. The van der Waals surface area contributed by atoms with Crippen molar-refractivity contribution in [3.05, 3.63) is 48.0 Å². The van der Waals surface area contributed by atoms with Gasteiger partial charge in [-0.1, -0.05) is 42.5 Å². The SMILES string of the molecule is OC(CCl)Cc1cccc2ccccc12. The first kappa shape index (κ1) is 10.5. The molecule has 15 heavy (non-hydrogen) atoms. The fourth-order valence-electron chi connectivity index (χ4n) is 1.78. The van der Waals surface area contributed by atoms with E-state index in [4.69, 9.17) is 11.6 Å². The van der Waals surface area contributed by atoms with Crippen molar-refractivity contribution in [2.45, 2.75) is 12.5 Å². The van der Waals surface area contributed by atoms with Crippen molar-refractivity contribution in [2.75, 3.05) is 5.88 Å². The molecule has 78 valence electrons. The van der Waals surface area contributed by atoms with Crippen LogP contribution in [-0.4, -0.2) is 17.1 Å². The van der Waals surface area contributed by atoms with Crippen molar-refractivity contribution in [3.8, 4) is 0 Å². The van der Waals surface area contributed by atoms with Gasteiger partial charge in [-0.3, -0.25) is 0 Å². The van der Waals surface area contributed by atoms with Crippen molar-refractivity contribution in [1.82, 2.24) is 0 Å². The van der Waals surface area contributed by atoms with Crippen molar-refractivity contribution in [3.63, 3.8) is 0 Å². The molecule has 2 rings (SSSR count). The van der Waals surface area contributed by atoms with Crippen molar-refractivity contribution in [1.29, 1.82) is 0 Å². The van der Waals surface area contributed by atoms with Crippen LogP contribution in [0.2, 0.25) is 0 Å². The Kier molecular flexibility index (Phi) is 3.24. The maximum Gasteiger partial charge on any atom is 0.0716 e. The topological polar surface area (TPSA) is 20.2 Å². The van der Waals surface area contributed by atoms with Gasteiger partial charge in [0.1, 0.15) is 0 Å². The van der Waals surface area contributed by atoms with Gasteiger partial charge in [0, 0.05) is 12.3 Å². The predicted octanol–water partition coefficient (Wildman–Crippen LogP) is 2.98. The lowest BCUT2D eigenvalue weighted by Crippen LogP contribution is -2.11. The highest BCUT2D eigenvalue weighted by Gasteiger charge is 2.06. The number of fused-ring (bicyclic) bond motifs is 1. The molecule has 1 N–H and O–H groups in total. The lowest BCUT2D eigenvalue weighted by Gasteiger charge is -2.09. The van der Waals surface area contributed by atoms with E-state index in [1.54, 1.807) is 0 Å². The summed E-state index contributed by atoms with van der Waals surface area (Å²) >= 11 is 5.60. The predicted molar refractivity (Wildman–Crippen MR) is 64.4 cm³/mol. The number of alkyl halides is 1. The van der Waals surface area contributed by atoms with Crippen molar-refractivity contribution in [2.24, 2.45) is 0 Å². The largest absolute Gasteiger partial charge is 0.392 e. The van der Waals surface area contributed by atoms with Gasteiger partial charge < -0.3 is 5.11 Å². The van der Waals surface area contributed by atoms with Crippen LogP contribution in [0.5, 0.6) is 0 Å². The van der Waals surface area contributed by atoms with Crippen LogP contribution < -0.4 is 0 Å². The molecule has 0 aliphatic rings. The highest BCUT2D eigenvalue weighted by Crippen LogP contribution is 2.19. The molecule has 0 aromatic heterocycles. The quantitative estimate of drug-likeness (QED) is 0.789. The van der Waals surface area contributed by atoms with E-state index < -0.39 is 6.10 Å². The zero-order valence-electron chi connectivity index (χ0n) is 8.36. The molecule has 0 fully saturated rings. The lowest BCUT2D eigenvalue weighted by atomic mass is 10.0. The van der Waals surface area contributed by atoms with Gasteiger partial charge in [-0.05, 0) is 16.3 Å². The van der Waals surface area contributed by atoms with Crippen LogP contribution in [0, 0.1) is 0 Å². The molecule has 0 amide bonds. The fraction of sp³-hybridized carbons (Fsp3) is 0.231. The molecule has 1 atom stereocenters. The Morgan fingerprint density at radius 3 is 2.60 bits per heavy atom. The summed E-state index contributed by atoms with van der Waals surface area (Å²) in [5.74, 6) is 0.281. The summed E-state index contributed by atoms with van der Waals surface area (Å²) in [6.07, 6.45) is 0.155. The molecule has 0 radical (unpaired) electrons. The zero-order chi connectivity index (χ0) is 10.7. The Morgan fingerprint density at radius 1 is 1.07 bits per heavy atom. The molecule has 1 unspecified atom stereocenters. The third-order valence-corrected chi connectivity index (χ3v) is 2.87. The van der Waals surface area contributed by atoms with E-state index in [1.165, 1.54) is 10.8 Å². The lowest BCUT2D eigenvalue weighted by molar-refractivity contribution is 0.199. The number of aliphatic hydroxyl groups excluding tert-OH is 1. The number of aliphatic hydroxyl groups is 1. The van der Waals surface area contributed by atoms with Gasteiger partial charge in [0.25, 0.3) is 0 Å². The molecule has 0 saturated heterocycles. The van der Waals surface area contributed by atoms with E-state index in [9.17, 15) is 5.11 Å².